The first-order valence-electron chi connectivity index (χ1n) is 10.1. The standard InChI is InChI=1S/C24H25N3O2/c1-3-19(17-9-5-4-6-10-17)24(29)27-13-12-21-20(15-27)23(28)26-22(25-21)18-11-7-8-16(2)14-18/h4-11,14,19H,3,12-13,15H2,1-2H3,(H,25,26,28)/t19-/m0/s1. The number of nitrogens with one attached hydrogen (secondary N) is 1. The van der Waals surface area contributed by atoms with E-state index in [9.17, 15) is 9.59 Å². The minimum atomic E-state index is -0.184. The Morgan fingerprint density at radius 2 is 1.97 bits per heavy atom. The van der Waals surface area contributed by atoms with Crippen molar-refractivity contribution in [2.24, 2.45) is 0 Å². The lowest BCUT2D eigenvalue weighted by Gasteiger charge is -2.31. The molecule has 5 nitrogen and oxygen atoms in total. The largest absolute Gasteiger partial charge is 0.337 e. The van der Waals surface area contributed by atoms with Crippen LogP contribution < -0.4 is 5.56 Å². The maximum atomic E-state index is 13.2. The van der Waals surface area contributed by atoms with Crippen molar-refractivity contribution >= 4 is 5.91 Å². The lowest BCUT2D eigenvalue weighted by molar-refractivity contribution is -0.133. The van der Waals surface area contributed by atoms with E-state index in [-0.39, 0.29) is 17.4 Å². The zero-order valence-corrected chi connectivity index (χ0v) is 16.8. The maximum absolute atomic E-state index is 13.2. The second kappa shape index (κ2) is 8.03. The zero-order valence-electron chi connectivity index (χ0n) is 16.8. The predicted octanol–water partition coefficient (Wildman–Crippen LogP) is 3.82. The van der Waals surface area contributed by atoms with Crippen molar-refractivity contribution in [2.75, 3.05) is 6.54 Å². The molecule has 4 rings (SSSR count). The molecule has 0 unspecified atom stereocenters. The quantitative estimate of drug-likeness (QED) is 0.740. The normalized spacial score (nSPS) is 14.3. The van der Waals surface area contributed by atoms with Crippen LogP contribution in [0.2, 0.25) is 0 Å². The average molecular weight is 387 g/mol. The number of hydrogen-bond donors (Lipinski definition) is 1. The van der Waals surface area contributed by atoms with Crippen LogP contribution in [-0.4, -0.2) is 27.3 Å². The molecule has 2 heterocycles. The van der Waals surface area contributed by atoms with Crippen LogP contribution in [0.3, 0.4) is 0 Å². The summed E-state index contributed by atoms with van der Waals surface area (Å²) in [6, 6.07) is 17.8. The van der Waals surface area contributed by atoms with Crippen molar-refractivity contribution in [1.82, 2.24) is 14.9 Å². The predicted molar refractivity (Wildman–Crippen MR) is 114 cm³/mol. The maximum Gasteiger partial charge on any atom is 0.256 e. The summed E-state index contributed by atoms with van der Waals surface area (Å²) in [7, 11) is 0. The van der Waals surface area contributed by atoms with Gasteiger partial charge in [-0.25, -0.2) is 4.98 Å². The Labute approximate surface area is 170 Å². The highest BCUT2D eigenvalue weighted by atomic mass is 16.2. The number of aromatic amines is 1. The lowest BCUT2D eigenvalue weighted by Crippen LogP contribution is -2.41. The molecule has 3 aromatic rings. The van der Waals surface area contributed by atoms with Gasteiger partial charge in [0.1, 0.15) is 5.82 Å². The summed E-state index contributed by atoms with van der Waals surface area (Å²) in [5.74, 6) is 0.482. The number of nitrogens with zero attached hydrogens (tertiary/aromatic N) is 2. The number of hydrogen-bond acceptors (Lipinski definition) is 3. The summed E-state index contributed by atoms with van der Waals surface area (Å²) in [5.41, 5.74) is 4.28. The average Bonchev–Trinajstić information content (AvgIpc) is 2.74. The van der Waals surface area contributed by atoms with Gasteiger partial charge in [0.05, 0.1) is 23.7 Å². The molecule has 1 atom stereocenters. The highest BCUT2D eigenvalue weighted by Gasteiger charge is 2.29. The molecule has 0 radical (unpaired) electrons. The fraction of sp³-hybridized carbons (Fsp3) is 0.292. The number of amides is 1. The summed E-state index contributed by atoms with van der Waals surface area (Å²) < 4.78 is 0. The van der Waals surface area contributed by atoms with Crippen molar-refractivity contribution < 1.29 is 4.79 Å². The van der Waals surface area contributed by atoms with Gasteiger partial charge < -0.3 is 9.88 Å². The van der Waals surface area contributed by atoms with Gasteiger partial charge in [0, 0.05) is 18.5 Å². The van der Waals surface area contributed by atoms with E-state index in [4.69, 9.17) is 4.98 Å². The van der Waals surface area contributed by atoms with Gasteiger partial charge in [-0.3, -0.25) is 9.59 Å². The first-order chi connectivity index (χ1) is 14.1. The molecule has 148 valence electrons. The lowest BCUT2D eigenvalue weighted by atomic mass is 9.94. The summed E-state index contributed by atoms with van der Waals surface area (Å²) in [4.78, 5) is 35.4. The van der Waals surface area contributed by atoms with Gasteiger partial charge in [0.15, 0.2) is 0 Å². The molecular weight excluding hydrogens is 362 g/mol. The SMILES string of the molecule is CC[C@H](C(=O)N1CCc2nc(-c3cccc(C)c3)[nH]c(=O)c2C1)c1ccccc1. The molecule has 1 N–H and O–H groups in total. The second-order valence-corrected chi connectivity index (χ2v) is 7.59. The summed E-state index contributed by atoms with van der Waals surface area (Å²) >= 11 is 0. The van der Waals surface area contributed by atoms with Crippen molar-refractivity contribution in [1.29, 1.82) is 0 Å². The number of benzene rings is 2. The minimum absolute atomic E-state index is 0.0755. The topological polar surface area (TPSA) is 66.1 Å². The van der Waals surface area contributed by atoms with Crippen molar-refractivity contribution in [3.8, 4) is 11.4 Å². The van der Waals surface area contributed by atoms with Crippen molar-refractivity contribution in [2.45, 2.75) is 39.2 Å². The minimum Gasteiger partial charge on any atom is -0.337 e. The van der Waals surface area contributed by atoms with E-state index in [1.165, 1.54) is 0 Å². The Morgan fingerprint density at radius 1 is 1.17 bits per heavy atom. The van der Waals surface area contributed by atoms with E-state index in [0.717, 1.165) is 28.8 Å². The van der Waals surface area contributed by atoms with E-state index in [2.05, 4.69) is 4.98 Å². The highest BCUT2D eigenvalue weighted by Crippen LogP contribution is 2.25. The first kappa shape index (κ1) is 19.1. The fourth-order valence-corrected chi connectivity index (χ4v) is 4.00. The van der Waals surface area contributed by atoms with Crippen LogP contribution >= 0.6 is 0 Å². The van der Waals surface area contributed by atoms with Crippen LogP contribution in [0.5, 0.6) is 0 Å². The van der Waals surface area contributed by atoms with Gasteiger partial charge >= 0.3 is 0 Å². The fourth-order valence-electron chi connectivity index (χ4n) is 4.00. The smallest absolute Gasteiger partial charge is 0.256 e. The van der Waals surface area contributed by atoms with Crippen LogP contribution in [-0.2, 0) is 17.8 Å². The molecule has 2 aromatic carbocycles. The van der Waals surface area contributed by atoms with Crippen LogP contribution in [0.4, 0.5) is 0 Å². The molecule has 29 heavy (non-hydrogen) atoms. The Balaban J connectivity index is 1.60. The van der Waals surface area contributed by atoms with Gasteiger partial charge in [0.2, 0.25) is 5.91 Å². The Bertz CT molecular complexity index is 1090. The number of carbonyl (C=O) groups is 1. The molecule has 1 aromatic heterocycles. The molecule has 0 aliphatic carbocycles. The van der Waals surface area contributed by atoms with E-state index in [1.54, 1.807) is 4.90 Å². The Hall–Kier alpha value is -3.21. The summed E-state index contributed by atoms with van der Waals surface area (Å²) in [6.45, 7) is 4.93. The highest BCUT2D eigenvalue weighted by molar-refractivity contribution is 5.84. The van der Waals surface area contributed by atoms with Gasteiger partial charge in [-0.1, -0.05) is 61.0 Å². The Kier molecular flexibility index (Phi) is 5.30. The van der Waals surface area contributed by atoms with Gasteiger partial charge in [0.25, 0.3) is 5.56 Å². The number of carbonyl (C=O) groups excluding carboxylic acids is 1. The number of fused-ring (bicyclic) bond motifs is 1. The molecule has 1 aliphatic heterocycles. The zero-order chi connectivity index (χ0) is 20.4. The number of aryl methyl sites for hydroxylation is 1. The second-order valence-electron chi connectivity index (χ2n) is 7.59. The van der Waals surface area contributed by atoms with Crippen LogP contribution in [0.15, 0.2) is 59.4 Å². The van der Waals surface area contributed by atoms with Crippen LogP contribution in [0.25, 0.3) is 11.4 Å². The van der Waals surface area contributed by atoms with Gasteiger partial charge in [-0.2, -0.15) is 0 Å². The van der Waals surface area contributed by atoms with Crippen molar-refractivity contribution in [3.63, 3.8) is 0 Å². The van der Waals surface area contributed by atoms with Crippen LogP contribution in [0, 0.1) is 6.92 Å². The monoisotopic (exact) mass is 387 g/mol. The molecule has 0 bridgehead atoms. The molecule has 0 spiro atoms. The van der Waals surface area contributed by atoms with E-state index in [1.807, 2.05) is 68.4 Å². The number of rotatable bonds is 4. The third-order valence-electron chi connectivity index (χ3n) is 5.58. The number of aromatic nitrogens is 2. The third-order valence-corrected chi connectivity index (χ3v) is 5.58. The van der Waals surface area contributed by atoms with Gasteiger partial charge in [-0.05, 0) is 25.0 Å². The molecular formula is C24H25N3O2. The first-order valence-corrected chi connectivity index (χ1v) is 10.1. The van der Waals surface area contributed by atoms with Crippen LogP contribution in [0.1, 0.15) is 41.6 Å². The third kappa shape index (κ3) is 3.86. The summed E-state index contributed by atoms with van der Waals surface area (Å²) in [5, 5.41) is 0. The molecule has 0 fully saturated rings. The van der Waals surface area contributed by atoms with Gasteiger partial charge in [-0.15, -0.1) is 0 Å². The number of H-pyrrole nitrogens is 1. The molecule has 1 aliphatic rings. The van der Waals surface area contributed by atoms with Crippen molar-refractivity contribution in [3.05, 3.63) is 87.3 Å². The van der Waals surface area contributed by atoms with E-state index >= 15 is 0 Å². The van der Waals surface area contributed by atoms with E-state index in [0.29, 0.717) is 30.9 Å². The molecule has 0 saturated heterocycles. The van der Waals surface area contributed by atoms with E-state index < -0.39 is 0 Å². The molecule has 1 amide bonds. The summed E-state index contributed by atoms with van der Waals surface area (Å²) in [6.07, 6.45) is 1.32. The molecule has 0 saturated carbocycles. The molecule has 5 heteroatoms. The Morgan fingerprint density at radius 3 is 2.69 bits per heavy atom.